The third kappa shape index (κ3) is 9.36. The van der Waals surface area contributed by atoms with Gasteiger partial charge in [-0.15, -0.1) is 0 Å². The van der Waals surface area contributed by atoms with Crippen LogP contribution in [0.3, 0.4) is 0 Å². The summed E-state index contributed by atoms with van der Waals surface area (Å²) in [6.45, 7) is 3.19. The van der Waals surface area contributed by atoms with Crippen LogP contribution in [0.4, 0.5) is 4.39 Å². The van der Waals surface area contributed by atoms with E-state index in [0.29, 0.717) is 26.1 Å². The van der Waals surface area contributed by atoms with Crippen LogP contribution in [0.5, 0.6) is 0 Å². The highest BCUT2D eigenvalue weighted by Gasteiger charge is 1.89. The van der Waals surface area contributed by atoms with Gasteiger partial charge in [-0.25, -0.2) is 0 Å². The third-order valence-corrected chi connectivity index (χ3v) is 1.16. The standard InChI is InChI=1S/C7H15FN2O/c1-7(11)10-6-5-9-4-2-3-8/h9H,2-6H2,1H3,(H,10,11). The Kier molecular flexibility index (Phi) is 7.03. The van der Waals surface area contributed by atoms with Gasteiger partial charge < -0.3 is 10.6 Å². The molecule has 0 bridgehead atoms. The summed E-state index contributed by atoms with van der Waals surface area (Å²) in [4.78, 5) is 10.3. The molecular weight excluding hydrogens is 147 g/mol. The molecule has 3 nitrogen and oxygen atoms in total. The van der Waals surface area contributed by atoms with E-state index in [1.165, 1.54) is 6.92 Å². The Morgan fingerprint density at radius 3 is 2.64 bits per heavy atom. The van der Waals surface area contributed by atoms with E-state index in [0.717, 1.165) is 0 Å². The molecule has 0 unspecified atom stereocenters. The van der Waals surface area contributed by atoms with E-state index >= 15 is 0 Å². The van der Waals surface area contributed by atoms with Crippen molar-refractivity contribution in [2.75, 3.05) is 26.3 Å². The highest BCUT2D eigenvalue weighted by Crippen LogP contribution is 1.75. The summed E-state index contributed by atoms with van der Waals surface area (Å²) in [6, 6.07) is 0. The third-order valence-electron chi connectivity index (χ3n) is 1.16. The summed E-state index contributed by atoms with van der Waals surface area (Å²) in [7, 11) is 0. The molecule has 0 rings (SSSR count). The quantitative estimate of drug-likeness (QED) is 0.543. The molecule has 1 amide bonds. The zero-order valence-electron chi connectivity index (χ0n) is 6.82. The SMILES string of the molecule is CC(=O)NCCNCCCF. The average molecular weight is 162 g/mol. The maximum Gasteiger partial charge on any atom is 0.216 e. The molecule has 0 saturated heterocycles. The summed E-state index contributed by atoms with van der Waals surface area (Å²) >= 11 is 0. The molecule has 0 aliphatic carbocycles. The van der Waals surface area contributed by atoms with Crippen molar-refractivity contribution in [3.8, 4) is 0 Å². The van der Waals surface area contributed by atoms with Gasteiger partial charge in [-0.05, 0) is 13.0 Å². The molecule has 0 aromatic heterocycles. The summed E-state index contributed by atoms with van der Waals surface area (Å²) in [6.07, 6.45) is 0.542. The first-order valence-corrected chi connectivity index (χ1v) is 3.78. The van der Waals surface area contributed by atoms with Gasteiger partial charge in [0, 0.05) is 20.0 Å². The normalized spacial score (nSPS) is 9.64. The predicted molar refractivity (Wildman–Crippen MR) is 42.1 cm³/mol. The van der Waals surface area contributed by atoms with Gasteiger partial charge >= 0.3 is 0 Å². The Bertz CT molecular complexity index is 109. The number of alkyl halides is 1. The summed E-state index contributed by atoms with van der Waals surface area (Å²) < 4.78 is 11.5. The highest BCUT2D eigenvalue weighted by molar-refractivity contribution is 5.72. The second-order valence-corrected chi connectivity index (χ2v) is 2.28. The van der Waals surface area contributed by atoms with Crippen LogP contribution in [0.25, 0.3) is 0 Å². The van der Waals surface area contributed by atoms with Crippen molar-refractivity contribution in [2.45, 2.75) is 13.3 Å². The van der Waals surface area contributed by atoms with Gasteiger partial charge in [-0.1, -0.05) is 0 Å². The van der Waals surface area contributed by atoms with E-state index in [9.17, 15) is 9.18 Å². The van der Waals surface area contributed by atoms with Crippen molar-refractivity contribution in [3.05, 3.63) is 0 Å². The van der Waals surface area contributed by atoms with Crippen molar-refractivity contribution < 1.29 is 9.18 Å². The minimum Gasteiger partial charge on any atom is -0.355 e. The number of nitrogens with one attached hydrogen (secondary N) is 2. The van der Waals surface area contributed by atoms with E-state index < -0.39 is 0 Å². The van der Waals surface area contributed by atoms with Gasteiger partial charge in [0.25, 0.3) is 0 Å². The molecule has 0 aliphatic rings. The number of carbonyl (C=O) groups excluding carboxylic acids is 1. The minimum atomic E-state index is -0.285. The lowest BCUT2D eigenvalue weighted by atomic mass is 10.4. The number of amides is 1. The fourth-order valence-corrected chi connectivity index (χ4v) is 0.644. The lowest BCUT2D eigenvalue weighted by molar-refractivity contribution is -0.118. The van der Waals surface area contributed by atoms with Crippen molar-refractivity contribution in [1.82, 2.24) is 10.6 Å². The fourth-order valence-electron chi connectivity index (χ4n) is 0.644. The van der Waals surface area contributed by atoms with Crippen LogP contribution in [-0.2, 0) is 4.79 Å². The second-order valence-electron chi connectivity index (χ2n) is 2.28. The zero-order chi connectivity index (χ0) is 8.53. The molecule has 0 heterocycles. The number of hydrogen-bond donors (Lipinski definition) is 2. The number of hydrogen-bond acceptors (Lipinski definition) is 2. The number of halogens is 1. The fraction of sp³-hybridized carbons (Fsp3) is 0.857. The molecule has 0 fully saturated rings. The number of rotatable bonds is 6. The van der Waals surface area contributed by atoms with E-state index in [4.69, 9.17) is 0 Å². The maximum absolute atomic E-state index is 11.5. The largest absolute Gasteiger partial charge is 0.355 e. The molecule has 0 atom stereocenters. The first-order valence-electron chi connectivity index (χ1n) is 3.78. The minimum absolute atomic E-state index is 0.0303. The van der Waals surface area contributed by atoms with Crippen LogP contribution in [0.1, 0.15) is 13.3 Å². The molecule has 0 radical (unpaired) electrons. The van der Waals surface area contributed by atoms with E-state index in [1.54, 1.807) is 0 Å². The Labute approximate surface area is 66.4 Å². The van der Waals surface area contributed by atoms with Gasteiger partial charge in [0.1, 0.15) is 0 Å². The maximum atomic E-state index is 11.5. The van der Waals surface area contributed by atoms with E-state index in [2.05, 4.69) is 10.6 Å². The average Bonchev–Trinajstić information content (AvgIpc) is 1.96. The highest BCUT2D eigenvalue weighted by atomic mass is 19.1. The van der Waals surface area contributed by atoms with Crippen LogP contribution < -0.4 is 10.6 Å². The van der Waals surface area contributed by atoms with E-state index in [-0.39, 0.29) is 12.6 Å². The van der Waals surface area contributed by atoms with Crippen molar-refractivity contribution >= 4 is 5.91 Å². The van der Waals surface area contributed by atoms with Crippen LogP contribution in [0.15, 0.2) is 0 Å². The van der Waals surface area contributed by atoms with Gasteiger partial charge in [0.15, 0.2) is 0 Å². The Morgan fingerprint density at radius 1 is 1.36 bits per heavy atom. The first-order chi connectivity index (χ1) is 5.27. The monoisotopic (exact) mass is 162 g/mol. The van der Waals surface area contributed by atoms with Crippen LogP contribution in [-0.4, -0.2) is 32.2 Å². The Hall–Kier alpha value is -0.640. The summed E-state index contributed by atoms with van der Waals surface area (Å²) in [5.41, 5.74) is 0. The smallest absolute Gasteiger partial charge is 0.216 e. The molecule has 0 aliphatic heterocycles. The molecule has 4 heteroatoms. The Balaban J connectivity index is 2.85. The lowest BCUT2D eigenvalue weighted by Gasteiger charge is -2.02. The first kappa shape index (κ1) is 10.4. The molecule has 0 aromatic rings. The van der Waals surface area contributed by atoms with Crippen LogP contribution in [0, 0.1) is 0 Å². The zero-order valence-corrected chi connectivity index (χ0v) is 6.82. The summed E-state index contributed by atoms with van der Waals surface area (Å²) in [5, 5.41) is 5.61. The summed E-state index contributed by atoms with van der Waals surface area (Å²) in [5.74, 6) is -0.0303. The molecule has 2 N–H and O–H groups in total. The van der Waals surface area contributed by atoms with Gasteiger partial charge in [-0.3, -0.25) is 9.18 Å². The molecule has 0 aromatic carbocycles. The van der Waals surface area contributed by atoms with Crippen LogP contribution >= 0.6 is 0 Å². The van der Waals surface area contributed by atoms with Gasteiger partial charge in [-0.2, -0.15) is 0 Å². The number of carbonyl (C=O) groups is 1. The van der Waals surface area contributed by atoms with E-state index in [1.807, 2.05) is 0 Å². The van der Waals surface area contributed by atoms with Crippen LogP contribution in [0.2, 0.25) is 0 Å². The molecule has 66 valence electrons. The van der Waals surface area contributed by atoms with Crippen molar-refractivity contribution in [1.29, 1.82) is 0 Å². The second kappa shape index (κ2) is 7.47. The van der Waals surface area contributed by atoms with Gasteiger partial charge in [0.05, 0.1) is 6.67 Å². The molecule has 0 saturated carbocycles. The van der Waals surface area contributed by atoms with Gasteiger partial charge in [0.2, 0.25) is 5.91 Å². The molecule has 0 spiro atoms. The van der Waals surface area contributed by atoms with Crippen molar-refractivity contribution in [3.63, 3.8) is 0 Å². The molecule has 11 heavy (non-hydrogen) atoms. The Morgan fingerprint density at radius 2 is 2.09 bits per heavy atom. The van der Waals surface area contributed by atoms with Crippen molar-refractivity contribution in [2.24, 2.45) is 0 Å². The topological polar surface area (TPSA) is 41.1 Å². The molecular formula is C7H15FN2O. The lowest BCUT2D eigenvalue weighted by Crippen LogP contribution is -2.30. The predicted octanol–water partition coefficient (Wildman–Crippen LogP) is 0.0717.